The van der Waals surface area contributed by atoms with E-state index in [4.69, 9.17) is 11.6 Å². The number of nitrogens with one attached hydrogen (secondary N) is 2. The molecule has 0 radical (unpaired) electrons. The Balaban J connectivity index is 1.70. The van der Waals surface area contributed by atoms with Gasteiger partial charge in [-0.05, 0) is 29.8 Å². The Kier molecular flexibility index (Phi) is 5.26. The van der Waals surface area contributed by atoms with Crippen LogP contribution in [0.1, 0.15) is 34.6 Å². The first-order valence-corrected chi connectivity index (χ1v) is 9.48. The van der Waals surface area contributed by atoms with Crippen molar-refractivity contribution in [1.82, 2.24) is 9.78 Å². The number of phenols is 1. The quantitative estimate of drug-likeness (QED) is 0.470. The summed E-state index contributed by atoms with van der Waals surface area (Å²) in [5.74, 6) is -1.61. The number of hydrogen-bond acceptors (Lipinski definition) is 4. The summed E-state index contributed by atoms with van der Waals surface area (Å²) in [5.41, 5.74) is 0.253. The molecule has 1 aromatic heterocycles. The van der Waals surface area contributed by atoms with Crippen LogP contribution in [-0.4, -0.2) is 27.0 Å². The van der Waals surface area contributed by atoms with Gasteiger partial charge in [0.05, 0.1) is 6.04 Å². The predicted molar refractivity (Wildman–Crippen MR) is 106 cm³/mol. The zero-order chi connectivity index (χ0) is 22.3. The van der Waals surface area contributed by atoms with Gasteiger partial charge in [-0.15, -0.1) is 0 Å². The molecule has 2 heterocycles. The number of benzene rings is 2. The number of rotatable bonds is 3. The van der Waals surface area contributed by atoms with Gasteiger partial charge in [0, 0.05) is 18.2 Å². The monoisotopic (exact) mass is 454 g/mol. The van der Waals surface area contributed by atoms with Gasteiger partial charge in [-0.3, -0.25) is 4.79 Å². The summed E-state index contributed by atoms with van der Waals surface area (Å²) in [5, 5.41) is 18.4. The number of aromatic nitrogens is 2. The summed E-state index contributed by atoms with van der Waals surface area (Å²) in [6.45, 7) is 0. The van der Waals surface area contributed by atoms with E-state index in [2.05, 4.69) is 15.7 Å². The van der Waals surface area contributed by atoms with Crippen molar-refractivity contribution in [1.29, 1.82) is 0 Å². The van der Waals surface area contributed by atoms with Gasteiger partial charge in [-0.1, -0.05) is 29.8 Å². The van der Waals surface area contributed by atoms with Gasteiger partial charge in [0.25, 0.3) is 5.91 Å². The predicted octanol–water partition coefficient (Wildman–Crippen LogP) is 5.29. The SMILES string of the molecule is O=C(Nc1cccc(O)c1)c1nn2c(c1Cl)N[C@@H](c1ccc(F)cc1)C[C@@H]2C(F)(F)F. The number of carbonyl (C=O) groups is 1. The van der Waals surface area contributed by atoms with Crippen LogP contribution < -0.4 is 10.6 Å². The van der Waals surface area contributed by atoms with Gasteiger partial charge < -0.3 is 15.7 Å². The van der Waals surface area contributed by atoms with Gasteiger partial charge in [0.2, 0.25) is 0 Å². The van der Waals surface area contributed by atoms with Crippen LogP contribution in [-0.2, 0) is 0 Å². The van der Waals surface area contributed by atoms with Crippen LogP contribution in [0.15, 0.2) is 48.5 Å². The second-order valence-corrected chi connectivity index (χ2v) is 7.38. The number of carbonyl (C=O) groups excluding carboxylic acids is 1. The van der Waals surface area contributed by atoms with Gasteiger partial charge in [-0.2, -0.15) is 18.3 Å². The molecule has 3 aromatic rings. The van der Waals surface area contributed by atoms with Crippen molar-refractivity contribution in [3.63, 3.8) is 0 Å². The van der Waals surface area contributed by atoms with E-state index in [1.807, 2.05) is 0 Å². The Hall–Kier alpha value is -3.27. The van der Waals surface area contributed by atoms with Crippen molar-refractivity contribution in [2.24, 2.45) is 0 Å². The minimum atomic E-state index is -4.66. The normalized spacial score (nSPS) is 18.2. The first-order valence-electron chi connectivity index (χ1n) is 9.10. The number of phenolic OH excluding ortho intramolecular Hbond substituents is 1. The highest BCUT2D eigenvalue weighted by Gasteiger charge is 2.47. The molecule has 2 atom stereocenters. The number of hydrogen-bond donors (Lipinski definition) is 3. The molecule has 1 aliphatic heterocycles. The molecular weight excluding hydrogens is 440 g/mol. The highest BCUT2D eigenvalue weighted by Crippen LogP contribution is 2.46. The average Bonchev–Trinajstić information content (AvgIpc) is 3.04. The number of amides is 1. The lowest BCUT2D eigenvalue weighted by atomic mass is 9.97. The third-order valence-corrected chi connectivity index (χ3v) is 5.25. The highest BCUT2D eigenvalue weighted by molar-refractivity contribution is 6.36. The summed E-state index contributed by atoms with van der Waals surface area (Å²) in [4.78, 5) is 12.6. The van der Waals surface area contributed by atoms with Crippen molar-refractivity contribution >= 4 is 29.0 Å². The summed E-state index contributed by atoms with van der Waals surface area (Å²) in [7, 11) is 0. The molecule has 0 bridgehead atoms. The Morgan fingerprint density at radius 2 is 1.94 bits per heavy atom. The second kappa shape index (κ2) is 7.77. The number of halogens is 5. The van der Waals surface area contributed by atoms with E-state index in [0.717, 1.165) is 12.1 Å². The highest BCUT2D eigenvalue weighted by atomic mass is 35.5. The summed E-state index contributed by atoms with van der Waals surface area (Å²) >= 11 is 6.24. The maximum Gasteiger partial charge on any atom is 0.410 e. The third kappa shape index (κ3) is 4.15. The standard InChI is InChI=1S/C20H15ClF4N4O2/c21-16-17(19(31)26-12-2-1-3-13(30)8-12)28-29-15(20(23,24)25)9-14(27-18(16)29)10-4-6-11(22)7-5-10/h1-8,14-15,27,30H,9H2,(H,26,31)/t14-,15-/m1/s1. The molecule has 3 N–H and O–H groups in total. The molecule has 162 valence electrons. The topological polar surface area (TPSA) is 79.2 Å². The van der Waals surface area contributed by atoms with Crippen molar-refractivity contribution in [3.05, 3.63) is 70.6 Å². The summed E-state index contributed by atoms with van der Waals surface area (Å²) in [6, 6.07) is 7.85. The summed E-state index contributed by atoms with van der Waals surface area (Å²) in [6.07, 6.45) is -5.09. The van der Waals surface area contributed by atoms with Crippen molar-refractivity contribution in [2.75, 3.05) is 10.6 Å². The van der Waals surface area contributed by atoms with Crippen LogP contribution in [0.2, 0.25) is 5.02 Å². The Morgan fingerprint density at radius 1 is 1.23 bits per heavy atom. The summed E-state index contributed by atoms with van der Waals surface area (Å²) < 4.78 is 55.2. The first kappa shape index (κ1) is 21.0. The minimum Gasteiger partial charge on any atom is -0.508 e. The molecule has 1 amide bonds. The van der Waals surface area contributed by atoms with Gasteiger partial charge >= 0.3 is 6.18 Å². The van der Waals surface area contributed by atoms with Crippen LogP contribution in [0.4, 0.5) is 29.1 Å². The van der Waals surface area contributed by atoms with Crippen LogP contribution >= 0.6 is 11.6 Å². The zero-order valence-electron chi connectivity index (χ0n) is 15.6. The Bertz CT molecular complexity index is 1130. The number of anilines is 2. The van der Waals surface area contributed by atoms with Gasteiger partial charge in [-0.25, -0.2) is 9.07 Å². The second-order valence-electron chi connectivity index (χ2n) is 7.00. The van der Waals surface area contributed by atoms with Crippen molar-refractivity contribution < 1.29 is 27.5 Å². The molecule has 6 nitrogen and oxygen atoms in total. The van der Waals surface area contributed by atoms with Gasteiger partial charge in [0.1, 0.15) is 22.4 Å². The van der Waals surface area contributed by atoms with E-state index in [9.17, 15) is 27.5 Å². The van der Waals surface area contributed by atoms with Gasteiger partial charge in [0.15, 0.2) is 11.7 Å². The Morgan fingerprint density at radius 3 is 2.58 bits per heavy atom. The lowest BCUT2D eigenvalue weighted by Gasteiger charge is -2.33. The molecule has 11 heteroatoms. The molecule has 0 saturated carbocycles. The van der Waals surface area contributed by atoms with Crippen LogP contribution in [0.25, 0.3) is 0 Å². The fourth-order valence-electron chi connectivity index (χ4n) is 3.42. The number of aromatic hydroxyl groups is 1. The van der Waals surface area contributed by atoms with Crippen LogP contribution in [0.3, 0.4) is 0 Å². The third-order valence-electron chi connectivity index (χ3n) is 4.89. The molecule has 4 rings (SSSR count). The Labute approximate surface area is 178 Å². The lowest BCUT2D eigenvalue weighted by Crippen LogP contribution is -2.35. The first-order chi connectivity index (χ1) is 14.6. The van der Waals surface area contributed by atoms with E-state index in [0.29, 0.717) is 10.2 Å². The minimum absolute atomic E-state index is 0.103. The van der Waals surface area contributed by atoms with E-state index < -0.39 is 42.1 Å². The lowest BCUT2D eigenvalue weighted by molar-refractivity contribution is -0.173. The molecule has 0 unspecified atom stereocenters. The number of alkyl halides is 3. The molecular formula is C20H15ClF4N4O2. The van der Waals surface area contributed by atoms with Crippen molar-refractivity contribution in [3.8, 4) is 5.75 Å². The molecule has 0 saturated heterocycles. The molecule has 1 aliphatic rings. The van der Waals surface area contributed by atoms with Crippen LogP contribution in [0, 0.1) is 5.82 Å². The smallest absolute Gasteiger partial charge is 0.410 e. The molecule has 0 aliphatic carbocycles. The van der Waals surface area contributed by atoms with Crippen LogP contribution in [0.5, 0.6) is 5.75 Å². The van der Waals surface area contributed by atoms with E-state index in [-0.39, 0.29) is 22.3 Å². The molecule has 0 fully saturated rings. The van der Waals surface area contributed by atoms with E-state index in [1.165, 1.54) is 36.4 Å². The number of fused-ring (bicyclic) bond motifs is 1. The fraction of sp³-hybridized carbons (Fsp3) is 0.200. The van der Waals surface area contributed by atoms with Crippen molar-refractivity contribution in [2.45, 2.75) is 24.7 Å². The molecule has 31 heavy (non-hydrogen) atoms. The zero-order valence-corrected chi connectivity index (χ0v) is 16.4. The maximum atomic E-state index is 13.8. The maximum absolute atomic E-state index is 13.8. The average molecular weight is 455 g/mol. The molecule has 2 aromatic carbocycles. The largest absolute Gasteiger partial charge is 0.508 e. The fourth-order valence-corrected chi connectivity index (χ4v) is 3.69. The van der Waals surface area contributed by atoms with E-state index >= 15 is 0 Å². The number of nitrogens with zero attached hydrogens (tertiary/aromatic N) is 2. The van der Waals surface area contributed by atoms with E-state index in [1.54, 1.807) is 0 Å². The molecule has 0 spiro atoms.